The molecule has 0 radical (unpaired) electrons. The van der Waals surface area contributed by atoms with Gasteiger partial charge in [-0.15, -0.1) is 0 Å². The SMILES string of the molecule is CCN(CC(C)C)c1ccc(N)c(C(C)=O)c1. The van der Waals surface area contributed by atoms with Crippen molar-refractivity contribution < 1.29 is 4.79 Å². The summed E-state index contributed by atoms with van der Waals surface area (Å²) < 4.78 is 0. The van der Waals surface area contributed by atoms with Crippen LogP contribution >= 0.6 is 0 Å². The van der Waals surface area contributed by atoms with E-state index in [9.17, 15) is 4.79 Å². The molecule has 0 aliphatic heterocycles. The van der Waals surface area contributed by atoms with Crippen molar-refractivity contribution in [1.29, 1.82) is 0 Å². The van der Waals surface area contributed by atoms with Gasteiger partial charge in [0.1, 0.15) is 0 Å². The Morgan fingerprint density at radius 3 is 2.53 bits per heavy atom. The van der Waals surface area contributed by atoms with Crippen LogP contribution in [0.2, 0.25) is 0 Å². The molecular formula is C14H22N2O. The number of carbonyl (C=O) groups is 1. The number of benzene rings is 1. The van der Waals surface area contributed by atoms with Crippen molar-refractivity contribution in [3.63, 3.8) is 0 Å². The maximum atomic E-state index is 11.5. The Balaban J connectivity index is 3.04. The summed E-state index contributed by atoms with van der Waals surface area (Å²) in [7, 11) is 0. The van der Waals surface area contributed by atoms with Gasteiger partial charge in [-0.25, -0.2) is 0 Å². The van der Waals surface area contributed by atoms with Crippen LogP contribution in [0.5, 0.6) is 0 Å². The molecular weight excluding hydrogens is 212 g/mol. The molecule has 0 amide bonds. The lowest BCUT2D eigenvalue weighted by Gasteiger charge is -2.25. The number of nitrogens with two attached hydrogens (primary N) is 1. The van der Waals surface area contributed by atoms with Gasteiger partial charge in [-0.1, -0.05) is 13.8 Å². The van der Waals surface area contributed by atoms with E-state index in [0.29, 0.717) is 17.2 Å². The first-order valence-corrected chi connectivity index (χ1v) is 6.11. The summed E-state index contributed by atoms with van der Waals surface area (Å²) in [6.07, 6.45) is 0. The minimum Gasteiger partial charge on any atom is -0.398 e. The van der Waals surface area contributed by atoms with Crippen LogP contribution in [0, 0.1) is 5.92 Å². The van der Waals surface area contributed by atoms with Gasteiger partial charge < -0.3 is 10.6 Å². The third-order valence-corrected chi connectivity index (χ3v) is 2.75. The number of anilines is 2. The van der Waals surface area contributed by atoms with E-state index in [2.05, 4.69) is 25.7 Å². The second-order valence-corrected chi connectivity index (χ2v) is 4.76. The van der Waals surface area contributed by atoms with Gasteiger partial charge >= 0.3 is 0 Å². The largest absolute Gasteiger partial charge is 0.398 e. The van der Waals surface area contributed by atoms with Gasteiger partial charge in [0.25, 0.3) is 0 Å². The Kier molecular flexibility index (Phi) is 4.55. The second-order valence-electron chi connectivity index (χ2n) is 4.76. The van der Waals surface area contributed by atoms with E-state index < -0.39 is 0 Å². The van der Waals surface area contributed by atoms with Crippen LogP contribution in [0.3, 0.4) is 0 Å². The molecule has 0 saturated heterocycles. The van der Waals surface area contributed by atoms with Crippen molar-refractivity contribution in [2.24, 2.45) is 5.92 Å². The maximum Gasteiger partial charge on any atom is 0.161 e. The molecule has 3 nitrogen and oxygen atoms in total. The molecule has 1 aromatic rings. The molecule has 0 aliphatic carbocycles. The van der Waals surface area contributed by atoms with Gasteiger partial charge in [-0.05, 0) is 38.0 Å². The predicted molar refractivity (Wildman–Crippen MR) is 73.6 cm³/mol. The van der Waals surface area contributed by atoms with Gasteiger partial charge in [0.15, 0.2) is 5.78 Å². The third kappa shape index (κ3) is 3.48. The molecule has 0 unspecified atom stereocenters. The van der Waals surface area contributed by atoms with Gasteiger partial charge in [-0.3, -0.25) is 4.79 Å². The fourth-order valence-electron chi connectivity index (χ4n) is 1.90. The molecule has 0 spiro atoms. The van der Waals surface area contributed by atoms with Gasteiger partial charge in [-0.2, -0.15) is 0 Å². The first kappa shape index (κ1) is 13.6. The summed E-state index contributed by atoms with van der Waals surface area (Å²) in [6.45, 7) is 9.95. The second kappa shape index (κ2) is 5.71. The lowest BCUT2D eigenvalue weighted by Crippen LogP contribution is -2.27. The number of Topliss-reactive ketones (excluding diaryl/α,β-unsaturated/α-hetero) is 1. The Labute approximate surface area is 104 Å². The Bertz CT molecular complexity index is 399. The number of nitrogens with zero attached hydrogens (tertiary/aromatic N) is 1. The van der Waals surface area contributed by atoms with Crippen molar-refractivity contribution in [2.75, 3.05) is 23.7 Å². The zero-order valence-electron chi connectivity index (χ0n) is 11.2. The minimum absolute atomic E-state index is 0.0185. The van der Waals surface area contributed by atoms with Crippen molar-refractivity contribution in [2.45, 2.75) is 27.7 Å². The van der Waals surface area contributed by atoms with Gasteiger partial charge in [0.2, 0.25) is 0 Å². The zero-order chi connectivity index (χ0) is 13.0. The number of rotatable bonds is 5. The molecule has 1 rings (SSSR count). The van der Waals surface area contributed by atoms with E-state index in [0.717, 1.165) is 18.8 Å². The summed E-state index contributed by atoms with van der Waals surface area (Å²) in [5, 5.41) is 0. The number of ketones is 1. The zero-order valence-corrected chi connectivity index (χ0v) is 11.2. The predicted octanol–water partition coefficient (Wildman–Crippen LogP) is 2.95. The van der Waals surface area contributed by atoms with Crippen LogP contribution < -0.4 is 10.6 Å². The highest BCUT2D eigenvalue weighted by Crippen LogP contribution is 2.22. The number of hydrogen-bond acceptors (Lipinski definition) is 3. The van der Waals surface area contributed by atoms with E-state index in [1.165, 1.54) is 0 Å². The lowest BCUT2D eigenvalue weighted by atomic mass is 10.1. The van der Waals surface area contributed by atoms with E-state index in [1.54, 1.807) is 6.92 Å². The molecule has 0 atom stereocenters. The van der Waals surface area contributed by atoms with Crippen LogP contribution in [-0.2, 0) is 0 Å². The highest BCUT2D eigenvalue weighted by molar-refractivity contribution is 6.00. The number of hydrogen-bond donors (Lipinski definition) is 1. The van der Waals surface area contributed by atoms with Gasteiger partial charge in [0.05, 0.1) is 0 Å². The highest BCUT2D eigenvalue weighted by atomic mass is 16.1. The van der Waals surface area contributed by atoms with Crippen molar-refractivity contribution in [1.82, 2.24) is 0 Å². The molecule has 1 aromatic carbocycles. The van der Waals surface area contributed by atoms with Crippen molar-refractivity contribution in [3.8, 4) is 0 Å². The minimum atomic E-state index is 0.0185. The van der Waals surface area contributed by atoms with Crippen LogP contribution in [0.25, 0.3) is 0 Å². The van der Waals surface area contributed by atoms with Gasteiger partial charge in [0, 0.05) is 30.0 Å². The first-order valence-electron chi connectivity index (χ1n) is 6.11. The molecule has 0 heterocycles. The van der Waals surface area contributed by atoms with E-state index in [1.807, 2.05) is 18.2 Å². The molecule has 17 heavy (non-hydrogen) atoms. The summed E-state index contributed by atoms with van der Waals surface area (Å²) in [6, 6.07) is 5.69. The average molecular weight is 234 g/mol. The molecule has 0 bridgehead atoms. The van der Waals surface area contributed by atoms with Crippen LogP contribution in [0.4, 0.5) is 11.4 Å². The standard InChI is InChI=1S/C14H22N2O/c1-5-16(9-10(2)3)12-6-7-14(15)13(8-12)11(4)17/h6-8,10H,5,9,15H2,1-4H3. The normalized spacial score (nSPS) is 10.6. The smallest absolute Gasteiger partial charge is 0.161 e. The maximum absolute atomic E-state index is 11.5. The quantitative estimate of drug-likeness (QED) is 0.629. The molecule has 3 heteroatoms. The number of nitrogen functional groups attached to an aromatic ring is 1. The lowest BCUT2D eigenvalue weighted by molar-refractivity contribution is 0.101. The van der Waals surface area contributed by atoms with E-state index >= 15 is 0 Å². The van der Waals surface area contributed by atoms with Crippen LogP contribution in [-0.4, -0.2) is 18.9 Å². The topological polar surface area (TPSA) is 46.3 Å². The Morgan fingerprint density at radius 2 is 2.06 bits per heavy atom. The summed E-state index contributed by atoms with van der Waals surface area (Å²) in [5.41, 5.74) is 8.04. The fraction of sp³-hybridized carbons (Fsp3) is 0.500. The summed E-state index contributed by atoms with van der Waals surface area (Å²) >= 11 is 0. The molecule has 0 saturated carbocycles. The highest BCUT2D eigenvalue weighted by Gasteiger charge is 2.10. The monoisotopic (exact) mass is 234 g/mol. The number of carbonyl (C=O) groups excluding carboxylic acids is 1. The fourth-order valence-corrected chi connectivity index (χ4v) is 1.90. The summed E-state index contributed by atoms with van der Waals surface area (Å²) in [5.74, 6) is 0.609. The molecule has 0 aliphatic rings. The molecule has 2 N–H and O–H groups in total. The average Bonchev–Trinajstić information content (AvgIpc) is 2.26. The first-order chi connectivity index (χ1) is 7.95. The Morgan fingerprint density at radius 1 is 1.41 bits per heavy atom. The Hall–Kier alpha value is -1.51. The molecule has 94 valence electrons. The molecule has 0 fully saturated rings. The molecule has 0 aromatic heterocycles. The van der Waals surface area contributed by atoms with Crippen molar-refractivity contribution in [3.05, 3.63) is 23.8 Å². The van der Waals surface area contributed by atoms with E-state index in [4.69, 9.17) is 5.73 Å². The van der Waals surface area contributed by atoms with Crippen molar-refractivity contribution >= 4 is 17.2 Å². The third-order valence-electron chi connectivity index (χ3n) is 2.75. The van der Waals surface area contributed by atoms with Crippen LogP contribution in [0.15, 0.2) is 18.2 Å². The van der Waals surface area contributed by atoms with E-state index in [-0.39, 0.29) is 5.78 Å². The summed E-state index contributed by atoms with van der Waals surface area (Å²) in [4.78, 5) is 13.7. The van der Waals surface area contributed by atoms with Crippen LogP contribution in [0.1, 0.15) is 38.1 Å².